The largest absolute Gasteiger partial charge is 0.351 e. The number of thiazole rings is 1. The predicted octanol–water partition coefficient (Wildman–Crippen LogP) is 4.63. The molecule has 6 heteroatoms. The lowest BCUT2D eigenvalue weighted by Gasteiger charge is -2.22. The highest BCUT2D eigenvalue weighted by Crippen LogP contribution is 2.30. The molecule has 0 amide bonds. The van der Waals surface area contributed by atoms with Crippen molar-refractivity contribution in [3.05, 3.63) is 34.0 Å². The quantitative estimate of drug-likeness (QED) is 0.865. The Morgan fingerprint density at radius 2 is 2.00 bits per heavy atom. The maximum absolute atomic E-state index is 9.69. The predicted molar refractivity (Wildman–Crippen MR) is 101 cm³/mol. The summed E-state index contributed by atoms with van der Waals surface area (Å²) in [6.07, 6.45) is 7.89. The maximum Gasteiger partial charge on any atom is 0.223 e. The minimum absolute atomic E-state index is 0.0197. The molecule has 5 nitrogen and oxygen atoms in total. The van der Waals surface area contributed by atoms with E-state index in [2.05, 4.69) is 47.1 Å². The number of aromatic nitrogens is 3. The summed E-state index contributed by atoms with van der Waals surface area (Å²) in [5.41, 5.74) is 1.71. The molecule has 1 fully saturated rings. The number of nitriles is 1. The number of rotatable bonds is 4. The molecule has 1 aliphatic carbocycles. The monoisotopic (exact) mass is 355 g/mol. The molecule has 2 heterocycles. The number of anilines is 1. The van der Waals surface area contributed by atoms with Crippen LogP contribution in [0.4, 0.5) is 5.95 Å². The van der Waals surface area contributed by atoms with Crippen molar-refractivity contribution in [3.63, 3.8) is 0 Å². The Balaban J connectivity index is 1.80. The smallest absolute Gasteiger partial charge is 0.223 e. The van der Waals surface area contributed by atoms with Crippen LogP contribution in [0.5, 0.6) is 0 Å². The van der Waals surface area contributed by atoms with Gasteiger partial charge in [-0.05, 0) is 18.9 Å². The fourth-order valence-electron chi connectivity index (χ4n) is 3.05. The third kappa shape index (κ3) is 4.35. The first-order valence-electron chi connectivity index (χ1n) is 8.92. The van der Waals surface area contributed by atoms with Crippen LogP contribution in [0.15, 0.2) is 17.6 Å². The van der Waals surface area contributed by atoms with E-state index in [9.17, 15) is 5.26 Å². The first-order valence-corrected chi connectivity index (χ1v) is 9.80. The van der Waals surface area contributed by atoms with Crippen molar-refractivity contribution in [2.75, 3.05) is 5.32 Å². The molecule has 0 spiro atoms. The molecule has 0 aromatic carbocycles. The number of hydrogen-bond acceptors (Lipinski definition) is 6. The van der Waals surface area contributed by atoms with E-state index in [0.29, 0.717) is 17.7 Å². The SMILES string of the molecule is CC(C)(C)c1csc(C(C#N)c2ccnc(NC3CCCCC3)n2)n1. The Morgan fingerprint density at radius 1 is 1.24 bits per heavy atom. The Bertz CT molecular complexity index is 750. The van der Waals surface area contributed by atoms with Gasteiger partial charge in [0.05, 0.1) is 17.5 Å². The number of nitrogens with zero attached hydrogens (tertiary/aromatic N) is 4. The van der Waals surface area contributed by atoms with E-state index in [1.54, 1.807) is 6.20 Å². The highest BCUT2D eigenvalue weighted by molar-refractivity contribution is 7.09. The minimum atomic E-state index is -0.448. The van der Waals surface area contributed by atoms with Gasteiger partial charge in [-0.3, -0.25) is 0 Å². The normalized spacial score (nSPS) is 17.0. The van der Waals surface area contributed by atoms with Crippen molar-refractivity contribution in [1.29, 1.82) is 5.26 Å². The van der Waals surface area contributed by atoms with Crippen molar-refractivity contribution in [2.24, 2.45) is 0 Å². The summed E-state index contributed by atoms with van der Waals surface area (Å²) in [5.74, 6) is 0.174. The van der Waals surface area contributed by atoms with Crippen molar-refractivity contribution in [2.45, 2.75) is 70.3 Å². The van der Waals surface area contributed by atoms with Crippen LogP contribution >= 0.6 is 11.3 Å². The fourth-order valence-corrected chi connectivity index (χ4v) is 4.14. The summed E-state index contributed by atoms with van der Waals surface area (Å²) in [6, 6.07) is 4.62. The van der Waals surface area contributed by atoms with Crippen LogP contribution in [-0.2, 0) is 5.41 Å². The topological polar surface area (TPSA) is 74.5 Å². The fraction of sp³-hybridized carbons (Fsp3) is 0.579. The molecule has 1 aliphatic rings. The van der Waals surface area contributed by atoms with Gasteiger partial charge < -0.3 is 5.32 Å². The van der Waals surface area contributed by atoms with Crippen molar-refractivity contribution >= 4 is 17.3 Å². The zero-order chi connectivity index (χ0) is 17.9. The maximum atomic E-state index is 9.69. The summed E-state index contributed by atoms with van der Waals surface area (Å²) in [7, 11) is 0. The van der Waals surface area contributed by atoms with E-state index in [4.69, 9.17) is 0 Å². The second-order valence-corrected chi connectivity index (χ2v) is 8.56. The molecule has 132 valence electrons. The molecule has 0 bridgehead atoms. The summed E-state index contributed by atoms with van der Waals surface area (Å²) < 4.78 is 0. The van der Waals surface area contributed by atoms with Crippen molar-refractivity contribution in [3.8, 4) is 6.07 Å². The van der Waals surface area contributed by atoms with Crippen LogP contribution in [0.2, 0.25) is 0 Å². The van der Waals surface area contributed by atoms with Gasteiger partial charge in [-0.1, -0.05) is 40.0 Å². The average molecular weight is 356 g/mol. The molecule has 0 radical (unpaired) electrons. The molecular formula is C19H25N5S. The van der Waals surface area contributed by atoms with E-state index in [-0.39, 0.29) is 5.41 Å². The van der Waals surface area contributed by atoms with E-state index in [0.717, 1.165) is 23.5 Å². The molecule has 1 unspecified atom stereocenters. The van der Waals surface area contributed by atoms with Gasteiger partial charge in [0.1, 0.15) is 10.9 Å². The molecule has 3 rings (SSSR count). The zero-order valence-corrected chi connectivity index (χ0v) is 15.9. The van der Waals surface area contributed by atoms with Gasteiger partial charge >= 0.3 is 0 Å². The van der Waals surface area contributed by atoms with Gasteiger partial charge in [0.25, 0.3) is 0 Å². The van der Waals surface area contributed by atoms with E-state index >= 15 is 0 Å². The molecule has 1 N–H and O–H groups in total. The molecule has 0 saturated heterocycles. The summed E-state index contributed by atoms with van der Waals surface area (Å²) in [4.78, 5) is 13.6. The van der Waals surface area contributed by atoms with E-state index < -0.39 is 5.92 Å². The second kappa shape index (κ2) is 7.49. The summed E-state index contributed by atoms with van der Waals surface area (Å²) in [5, 5.41) is 16.0. The molecule has 0 aliphatic heterocycles. The van der Waals surface area contributed by atoms with Gasteiger partial charge in [0.15, 0.2) is 0 Å². The molecule has 1 atom stereocenters. The van der Waals surface area contributed by atoms with E-state index in [1.807, 2.05) is 11.4 Å². The highest BCUT2D eigenvalue weighted by atomic mass is 32.1. The molecule has 2 aromatic heterocycles. The van der Waals surface area contributed by atoms with Crippen LogP contribution in [0.3, 0.4) is 0 Å². The standard InChI is InChI=1S/C19H25N5S/c1-19(2,3)16-12-25-17(24-16)14(11-20)15-9-10-21-18(23-15)22-13-7-5-4-6-8-13/h9-10,12-14H,4-8H2,1-3H3,(H,21,22,23). The number of nitrogens with one attached hydrogen (secondary N) is 1. The van der Waals surface area contributed by atoms with Crippen LogP contribution in [-0.4, -0.2) is 21.0 Å². The lowest BCUT2D eigenvalue weighted by atomic mass is 9.93. The van der Waals surface area contributed by atoms with Gasteiger partial charge in [-0.25, -0.2) is 15.0 Å². The molecule has 25 heavy (non-hydrogen) atoms. The van der Waals surface area contributed by atoms with Crippen molar-refractivity contribution in [1.82, 2.24) is 15.0 Å². The zero-order valence-electron chi connectivity index (χ0n) is 15.1. The Hall–Kier alpha value is -2.00. The average Bonchev–Trinajstić information content (AvgIpc) is 3.07. The first-order chi connectivity index (χ1) is 12.0. The molecular weight excluding hydrogens is 330 g/mol. The van der Waals surface area contributed by atoms with Gasteiger partial charge in [-0.15, -0.1) is 11.3 Å². The molecule has 2 aromatic rings. The Morgan fingerprint density at radius 3 is 2.64 bits per heavy atom. The third-order valence-electron chi connectivity index (χ3n) is 4.58. The minimum Gasteiger partial charge on any atom is -0.351 e. The Labute approximate surface area is 153 Å². The van der Waals surface area contributed by atoms with Crippen LogP contribution in [0, 0.1) is 11.3 Å². The van der Waals surface area contributed by atoms with Gasteiger partial charge in [-0.2, -0.15) is 5.26 Å². The first kappa shape index (κ1) is 17.8. The summed E-state index contributed by atoms with van der Waals surface area (Å²) in [6.45, 7) is 6.39. The summed E-state index contributed by atoms with van der Waals surface area (Å²) >= 11 is 1.53. The van der Waals surface area contributed by atoms with Crippen LogP contribution < -0.4 is 5.32 Å². The van der Waals surface area contributed by atoms with Crippen molar-refractivity contribution < 1.29 is 0 Å². The van der Waals surface area contributed by atoms with Gasteiger partial charge in [0, 0.05) is 23.0 Å². The van der Waals surface area contributed by atoms with Gasteiger partial charge in [0.2, 0.25) is 5.95 Å². The highest BCUT2D eigenvalue weighted by Gasteiger charge is 2.24. The van der Waals surface area contributed by atoms with E-state index in [1.165, 1.54) is 30.6 Å². The van der Waals surface area contributed by atoms with Crippen LogP contribution in [0.1, 0.15) is 75.2 Å². The third-order valence-corrected chi connectivity index (χ3v) is 5.49. The lowest BCUT2D eigenvalue weighted by Crippen LogP contribution is -2.23. The lowest BCUT2D eigenvalue weighted by molar-refractivity contribution is 0.460. The Kier molecular flexibility index (Phi) is 5.33. The number of hydrogen-bond donors (Lipinski definition) is 1. The molecule has 1 saturated carbocycles. The second-order valence-electron chi connectivity index (χ2n) is 7.67. The van der Waals surface area contributed by atoms with Crippen LogP contribution in [0.25, 0.3) is 0 Å².